The molecule has 0 amide bonds. The van der Waals surface area contributed by atoms with Crippen molar-refractivity contribution >= 4 is 23.3 Å². The first-order valence-electron chi connectivity index (χ1n) is 6.88. The maximum absolute atomic E-state index is 14.2. The third kappa shape index (κ3) is 3.48. The lowest BCUT2D eigenvalue weighted by Gasteiger charge is -2.06. The van der Waals surface area contributed by atoms with Crippen LogP contribution in [0, 0.1) is 18.6 Å². The van der Waals surface area contributed by atoms with Crippen LogP contribution in [0.1, 0.15) is 22.8 Å². The summed E-state index contributed by atoms with van der Waals surface area (Å²) in [7, 11) is 0. The highest BCUT2D eigenvalue weighted by Gasteiger charge is 2.16. The first-order chi connectivity index (χ1) is 11.0. The summed E-state index contributed by atoms with van der Waals surface area (Å²) >= 11 is 5.87. The number of hydrogen-bond donors (Lipinski definition) is 0. The van der Waals surface area contributed by atoms with Crippen LogP contribution in [0.3, 0.4) is 0 Å². The molecule has 0 saturated heterocycles. The third-order valence-corrected chi connectivity index (χ3v) is 3.51. The van der Waals surface area contributed by atoms with Gasteiger partial charge in [-0.2, -0.15) is 0 Å². The van der Waals surface area contributed by atoms with Crippen molar-refractivity contribution in [3.05, 3.63) is 88.1 Å². The number of aromatic nitrogens is 1. The molecule has 2 aromatic carbocycles. The summed E-state index contributed by atoms with van der Waals surface area (Å²) in [5.41, 5.74) is 1.44. The summed E-state index contributed by atoms with van der Waals surface area (Å²) in [6, 6.07) is 10.4. The van der Waals surface area contributed by atoms with Crippen molar-refractivity contribution in [2.24, 2.45) is 0 Å². The number of aryl methyl sites for hydroxylation is 1. The molecule has 23 heavy (non-hydrogen) atoms. The zero-order chi connectivity index (χ0) is 16.4. The van der Waals surface area contributed by atoms with Crippen molar-refractivity contribution in [1.29, 1.82) is 0 Å². The first kappa shape index (κ1) is 15.4. The molecule has 0 saturated carbocycles. The van der Waals surface area contributed by atoms with E-state index in [1.165, 1.54) is 12.1 Å². The molecule has 0 aliphatic carbocycles. The molecule has 1 heterocycles. The van der Waals surface area contributed by atoms with Crippen molar-refractivity contribution in [3.8, 4) is 0 Å². The molecule has 0 bridgehead atoms. The molecule has 2 nitrogen and oxygen atoms in total. The lowest BCUT2D eigenvalue weighted by molar-refractivity contribution is 0.512. The van der Waals surface area contributed by atoms with E-state index < -0.39 is 11.6 Å². The van der Waals surface area contributed by atoms with Crippen LogP contribution < -0.4 is 0 Å². The molecule has 3 rings (SSSR count). The fourth-order valence-electron chi connectivity index (χ4n) is 2.17. The topological polar surface area (TPSA) is 26.0 Å². The minimum absolute atomic E-state index is 0.211. The van der Waals surface area contributed by atoms with Crippen LogP contribution in [0.25, 0.3) is 11.6 Å². The minimum Gasteiger partial charge on any atom is -0.441 e. The molecule has 0 unspecified atom stereocenters. The van der Waals surface area contributed by atoms with Gasteiger partial charge in [0.15, 0.2) is 0 Å². The Labute approximate surface area is 137 Å². The third-order valence-electron chi connectivity index (χ3n) is 3.25. The van der Waals surface area contributed by atoms with Crippen molar-refractivity contribution in [1.82, 2.24) is 4.98 Å². The van der Waals surface area contributed by atoms with Crippen LogP contribution in [-0.4, -0.2) is 4.98 Å². The number of rotatable bonds is 3. The van der Waals surface area contributed by atoms with Crippen LogP contribution in [0.4, 0.5) is 8.78 Å². The van der Waals surface area contributed by atoms with Gasteiger partial charge in [-0.25, -0.2) is 13.8 Å². The van der Waals surface area contributed by atoms with Crippen LogP contribution in [0.5, 0.6) is 0 Å². The van der Waals surface area contributed by atoms with E-state index in [1.54, 1.807) is 43.5 Å². The molecule has 0 N–H and O–H groups in total. The zero-order valence-corrected chi connectivity index (χ0v) is 12.9. The normalized spacial score (nSPS) is 11.7. The fraction of sp³-hybridized carbons (Fsp3) is 0.0556. The van der Waals surface area contributed by atoms with Gasteiger partial charge in [0.05, 0.1) is 6.20 Å². The van der Waals surface area contributed by atoms with E-state index in [2.05, 4.69) is 4.98 Å². The standard InChI is InChI=1S/C18H12ClF2NO/c1-11-10-22-18(23-11)16(8-12-2-4-13(19)5-3-12)15-7-6-14(20)9-17(15)21/h2-10H,1H3. The lowest BCUT2D eigenvalue weighted by Crippen LogP contribution is -1.94. The molecular formula is C18H12ClF2NO. The Balaban J connectivity index is 2.16. The molecule has 0 spiro atoms. The Morgan fingerprint density at radius 1 is 1.13 bits per heavy atom. The zero-order valence-electron chi connectivity index (χ0n) is 12.2. The van der Waals surface area contributed by atoms with Gasteiger partial charge in [-0.1, -0.05) is 23.7 Å². The molecular weight excluding hydrogens is 320 g/mol. The molecule has 0 fully saturated rings. The quantitative estimate of drug-likeness (QED) is 0.592. The summed E-state index contributed by atoms with van der Waals surface area (Å²) in [5, 5.41) is 0.601. The number of halogens is 3. The van der Waals surface area contributed by atoms with E-state index in [4.69, 9.17) is 16.0 Å². The minimum atomic E-state index is -0.680. The van der Waals surface area contributed by atoms with Crippen molar-refractivity contribution in [3.63, 3.8) is 0 Å². The predicted octanol–water partition coefficient (Wildman–Crippen LogP) is 5.50. The number of nitrogens with zero attached hydrogens (tertiary/aromatic N) is 1. The van der Waals surface area contributed by atoms with Crippen molar-refractivity contribution in [2.45, 2.75) is 6.92 Å². The van der Waals surface area contributed by atoms with Gasteiger partial charge in [-0.15, -0.1) is 0 Å². The molecule has 1 aromatic heterocycles. The summed E-state index contributed by atoms with van der Waals surface area (Å²) in [5.74, 6) is -0.450. The monoisotopic (exact) mass is 331 g/mol. The van der Waals surface area contributed by atoms with Gasteiger partial charge < -0.3 is 4.42 Å². The van der Waals surface area contributed by atoms with E-state index in [0.29, 0.717) is 16.4 Å². The van der Waals surface area contributed by atoms with Crippen LogP contribution in [-0.2, 0) is 0 Å². The van der Waals surface area contributed by atoms with Crippen LogP contribution in [0.2, 0.25) is 5.02 Å². The van der Waals surface area contributed by atoms with Gasteiger partial charge >= 0.3 is 0 Å². The SMILES string of the molecule is Cc1cnc(C(=Cc2ccc(Cl)cc2)c2ccc(F)cc2F)o1. The summed E-state index contributed by atoms with van der Waals surface area (Å²) in [4.78, 5) is 4.15. The predicted molar refractivity (Wildman–Crippen MR) is 86.0 cm³/mol. The van der Waals surface area contributed by atoms with Crippen molar-refractivity contribution < 1.29 is 13.2 Å². The van der Waals surface area contributed by atoms with Crippen LogP contribution in [0.15, 0.2) is 53.1 Å². The second-order valence-electron chi connectivity index (χ2n) is 5.01. The molecule has 0 aliphatic heterocycles. The van der Waals surface area contributed by atoms with E-state index >= 15 is 0 Å². The highest BCUT2D eigenvalue weighted by molar-refractivity contribution is 6.30. The van der Waals surface area contributed by atoms with E-state index in [1.807, 2.05) is 0 Å². The van der Waals surface area contributed by atoms with E-state index in [-0.39, 0.29) is 11.5 Å². The smallest absolute Gasteiger partial charge is 0.226 e. The van der Waals surface area contributed by atoms with Crippen molar-refractivity contribution in [2.75, 3.05) is 0 Å². The fourth-order valence-corrected chi connectivity index (χ4v) is 2.29. The Kier molecular flexibility index (Phi) is 4.26. The highest BCUT2D eigenvalue weighted by atomic mass is 35.5. The Morgan fingerprint density at radius 3 is 2.48 bits per heavy atom. The Hall–Kier alpha value is -2.46. The lowest BCUT2D eigenvalue weighted by atomic mass is 10.0. The van der Waals surface area contributed by atoms with Gasteiger partial charge in [-0.3, -0.25) is 0 Å². The van der Waals surface area contributed by atoms with Gasteiger partial charge in [0.2, 0.25) is 5.89 Å². The summed E-state index contributed by atoms with van der Waals surface area (Å²) in [6.07, 6.45) is 3.27. The maximum atomic E-state index is 14.2. The molecule has 0 radical (unpaired) electrons. The maximum Gasteiger partial charge on any atom is 0.226 e. The number of oxazole rings is 1. The number of hydrogen-bond acceptors (Lipinski definition) is 2. The molecule has 5 heteroatoms. The first-order valence-corrected chi connectivity index (χ1v) is 7.26. The molecule has 3 aromatic rings. The molecule has 0 aliphatic rings. The Morgan fingerprint density at radius 2 is 1.87 bits per heavy atom. The van der Waals surface area contributed by atoms with E-state index in [9.17, 15) is 8.78 Å². The van der Waals surface area contributed by atoms with Gasteiger partial charge in [0.1, 0.15) is 17.4 Å². The van der Waals surface area contributed by atoms with Crippen LogP contribution >= 0.6 is 11.6 Å². The van der Waals surface area contributed by atoms with Gasteiger partial charge in [0, 0.05) is 22.2 Å². The summed E-state index contributed by atoms with van der Waals surface area (Å²) < 4.78 is 32.9. The largest absolute Gasteiger partial charge is 0.441 e. The second-order valence-corrected chi connectivity index (χ2v) is 5.45. The van der Waals surface area contributed by atoms with Gasteiger partial charge in [0.25, 0.3) is 0 Å². The number of benzene rings is 2. The van der Waals surface area contributed by atoms with E-state index in [0.717, 1.165) is 11.6 Å². The second kappa shape index (κ2) is 6.34. The summed E-state index contributed by atoms with van der Waals surface area (Å²) in [6.45, 7) is 1.75. The Bertz CT molecular complexity index is 869. The van der Waals surface area contributed by atoms with Gasteiger partial charge in [-0.05, 0) is 42.8 Å². The highest BCUT2D eigenvalue weighted by Crippen LogP contribution is 2.28. The molecule has 116 valence electrons. The average Bonchev–Trinajstić information content (AvgIpc) is 2.94. The molecule has 0 atom stereocenters. The average molecular weight is 332 g/mol.